The molecule has 0 saturated heterocycles. The number of benzene rings is 1. The minimum absolute atomic E-state index is 0.163. The predicted molar refractivity (Wildman–Crippen MR) is 99.7 cm³/mol. The highest BCUT2D eigenvalue weighted by Crippen LogP contribution is 2.16. The first kappa shape index (κ1) is 17.7. The molecule has 1 aromatic carbocycles. The molecular formula is C20H22N4O2. The quantitative estimate of drug-likeness (QED) is 0.767. The topological polar surface area (TPSA) is 69.0 Å². The second kappa shape index (κ2) is 7.39. The fraction of sp³-hybridized carbons (Fsp3) is 0.250. The van der Waals surface area contributed by atoms with Gasteiger partial charge < -0.3 is 10.1 Å². The minimum atomic E-state index is -0.163. The summed E-state index contributed by atoms with van der Waals surface area (Å²) >= 11 is 0. The maximum atomic E-state index is 12.3. The van der Waals surface area contributed by atoms with Crippen molar-refractivity contribution in [3.05, 3.63) is 70.7 Å². The van der Waals surface area contributed by atoms with Crippen LogP contribution in [-0.4, -0.2) is 27.8 Å². The summed E-state index contributed by atoms with van der Waals surface area (Å²) in [5, 5.41) is 7.38. The van der Waals surface area contributed by atoms with Gasteiger partial charge in [0.05, 0.1) is 18.4 Å². The molecule has 0 aliphatic heterocycles. The Morgan fingerprint density at radius 3 is 2.38 bits per heavy atom. The van der Waals surface area contributed by atoms with Gasteiger partial charge in [-0.2, -0.15) is 5.10 Å². The standard InChI is InChI=1S/C20H22N4O2/c1-13-14(2)23-24(15(13)3)19-10-7-17(12-21-19)20(25)22-11-16-5-8-18(26-4)9-6-16/h5-10,12H,11H2,1-4H3,(H,22,25). The summed E-state index contributed by atoms with van der Waals surface area (Å²) in [7, 11) is 1.63. The third kappa shape index (κ3) is 3.59. The highest BCUT2D eigenvalue weighted by Gasteiger charge is 2.11. The zero-order chi connectivity index (χ0) is 18.7. The van der Waals surface area contributed by atoms with Gasteiger partial charge in [-0.25, -0.2) is 9.67 Å². The van der Waals surface area contributed by atoms with E-state index >= 15 is 0 Å². The van der Waals surface area contributed by atoms with Crippen molar-refractivity contribution in [2.45, 2.75) is 27.3 Å². The summed E-state index contributed by atoms with van der Waals surface area (Å²) in [6.07, 6.45) is 1.57. The number of hydrogen-bond donors (Lipinski definition) is 1. The molecule has 3 rings (SSSR count). The Labute approximate surface area is 152 Å². The molecular weight excluding hydrogens is 328 g/mol. The van der Waals surface area contributed by atoms with Gasteiger partial charge in [0.1, 0.15) is 5.75 Å². The van der Waals surface area contributed by atoms with Crippen molar-refractivity contribution in [2.75, 3.05) is 7.11 Å². The maximum Gasteiger partial charge on any atom is 0.253 e. The van der Waals surface area contributed by atoms with Crippen molar-refractivity contribution in [3.63, 3.8) is 0 Å². The predicted octanol–water partition coefficient (Wildman–Crippen LogP) is 3.13. The number of pyridine rings is 1. The van der Waals surface area contributed by atoms with E-state index in [1.54, 1.807) is 30.1 Å². The molecule has 0 unspecified atom stereocenters. The van der Waals surface area contributed by atoms with Gasteiger partial charge in [-0.05, 0) is 56.2 Å². The van der Waals surface area contributed by atoms with E-state index in [1.807, 2.05) is 45.0 Å². The lowest BCUT2D eigenvalue weighted by Gasteiger charge is -2.08. The van der Waals surface area contributed by atoms with Crippen molar-refractivity contribution in [1.82, 2.24) is 20.1 Å². The Morgan fingerprint density at radius 1 is 1.12 bits per heavy atom. The molecule has 2 aromatic heterocycles. The summed E-state index contributed by atoms with van der Waals surface area (Å²) in [4.78, 5) is 16.7. The van der Waals surface area contributed by atoms with E-state index in [4.69, 9.17) is 4.74 Å². The molecule has 134 valence electrons. The molecule has 0 aliphatic rings. The van der Waals surface area contributed by atoms with Crippen molar-refractivity contribution in [2.24, 2.45) is 0 Å². The average Bonchev–Trinajstić information content (AvgIpc) is 2.94. The summed E-state index contributed by atoms with van der Waals surface area (Å²) in [5.74, 6) is 1.33. The van der Waals surface area contributed by atoms with Crippen LogP contribution in [0.4, 0.5) is 0 Å². The van der Waals surface area contributed by atoms with Gasteiger partial charge in [-0.3, -0.25) is 4.79 Å². The fourth-order valence-corrected chi connectivity index (χ4v) is 2.62. The van der Waals surface area contributed by atoms with E-state index in [2.05, 4.69) is 15.4 Å². The second-order valence-electron chi connectivity index (χ2n) is 6.14. The summed E-state index contributed by atoms with van der Waals surface area (Å²) in [6.45, 7) is 6.46. The zero-order valence-electron chi connectivity index (χ0n) is 15.4. The normalized spacial score (nSPS) is 10.6. The van der Waals surface area contributed by atoms with Gasteiger partial charge in [0.2, 0.25) is 0 Å². The molecule has 3 aromatic rings. The molecule has 0 radical (unpaired) electrons. The number of rotatable bonds is 5. The second-order valence-corrected chi connectivity index (χ2v) is 6.14. The Balaban J connectivity index is 1.67. The lowest BCUT2D eigenvalue weighted by atomic mass is 10.2. The van der Waals surface area contributed by atoms with Gasteiger partial charge in [0, 0.05) is 18.4 Å². The molecule has 1 N–H and O–H groups in total. The average molecular weight is 350 g/mol. The summed E-state index contributed by atoms with van der Waals surface area (Å²) < 4.78 is 6.92. The SMILES string of the molecule is COc1ccc(CNC(=O)c2ccc(-n3nc(C)c(C)c3C)nc2)cc1. The van der Waals surface area contributed by atoms with E-state index in [9.17, 15) is 4.79 Å². The van der Waals surface area contributed by atoms with Crippen LogP contribution in [0.5, 0.6) is 5.75 Å². The first-order chi connectivity index (χ1) is 12.5. The first-order valence-corrected chi connectivity index (χ1v) is 8.40. The van der Waals surface area contributed by atoms with Crippen LogP contribution in [0.25, 0.3) is 5.82 Å². The van der Waals surface area contributed by atoms with Gasteiger partial charge in [0.15, 0.2) is 5.82 Å². The number of nitrogens with one attached hydrogen (secondary N) is 1. The molecule has 26 heavy (non-hydrogen) atoms. The summed E-state index contributed by atoms with van der Waals surface area (Å²) in [5.41, 5.74) is 4.69. The monoisotopic (exact) mass is 350 g/mol. The van der Waals surface area contributed by atoms with Crippen LogP contribution < -0.4 is 10.1 Å². The molecule has 2 heterocycles. The van der Waals surface area contributed by atoms with E-state index < -0.39 is 0 Å². The minimum Gasteiger partial charge on any atom is -0.497 e. The molecule has 0 aliphatic carbocycles. The third-order valence-electron chi connectivity index (χ3n) is 4.49. The van der Waals surface area contributed by atoms with Crippen LogP contribution in [0.3, 0.4) is 0 Å². The first-order valence-electron chi connectivity index (χ1n) is 8.40. The number of nitrogens with zero attached hydrogens (tertiary/aromatic N) is 3. The van der Waals surface area contributed by atoms with Crippen LogP contribution in [0.2, 0.25) is 0 Å². The van der Waals surface area contributed by atoms with Gasteiger partial charge in [-0.1, -0.05) is 12.1 Å². The third-order valence-corrected chi connectivity index (χ3v) is 4.49. The fourth-order valence-electron chi connectivity index (χ4n) is 2.62. The number of ether oxygens (including phenoxy) is 1. The number of carbonyl (C=O) groups excluding carboxylic acids is 1. The lowest BCUT2D eigenvalue weighted by Crippen LogP contribution is -2.23. The van der Waals surface area contributed by atoms with E-state index in [0.29, 0.717) is 17.9 Å². The van der Waals surface area contributed by atoms with Gasteiger partial charge in [-0.15, -0.1) is 0 Å². The largest absolute Gasteiger partial charge is 0.497 e. The Bertz CT molecular complexity index is 912. The number of aryl methyl sites for hydroxylation is 1. The molecule has 0 saturated carbocycles. The Kier molecular flexibility index (Phi) is 5.02. The van der Waals surface area contributed by atoms with E-state index in [0.717, 1.165) is 28.3 Å². The van der Waals surface area contributed by atoms with Crippen molar-refractivity contribution in [1.29, 1.82) is 0 Å². The van der Waals surface area contributed by atoms with Crippen LogP contribution in [-0.2, 0) is 6.54 Å². The van der Waals surface area contributed by atoms with Crippen LogP contribution in [0.1, 0.15) is 32.9 Å². The Morgan fingerprint density at radius 2 is 1.85 bits per heavy atom. The smallest absolute Gasteiger partial charge is 0.253 e. The maximum absolute atomic E-state index is 12.3. The highest BCUT2D eigenvalue weighted by atomic mass is 16.5. The van der Waals surface area contributed by atoms with Gasteiger partial charge in [0.25, 0.3) is 5.91 Å². The molecule has 0 spiro atoms. The lowest BCUT2D eigenvalue weighted by molar-refractivity contribution is 0.0950. The molecule has 0 atom stereocenters. The molecule has 1 amide bonds. The van der Waals surface area contributed by atoms with Crippen molar-refractivity contribution >= 4 is 5.91 Å². The van der Waals surface area contributed by atoms with Crippen LogP contribution in [0, 0.1) is 20.8 Å². The number of carbonyl (C=O) groups is 1. The number of hydrogen-bond acceptors (Lipinski definition) is 4. The van der Waals surface area contributed by atoms with Crippen molar-refractivity contribution in [3.8, 4) is 11.6 Å². The van der Waals surface area contributed by atoms with Crippen molar-refractivity contribution < 1.29 is 9.53 Å². The number of aromatic nitrogens is 3. The zero-order valence-corrected chi connectivity index (χ0v) is 15.4. The molecule has 0 bridgehead atoms. The highest BCUT2D eigenvalue weighted by molar-refractivity contribution is 5.93. The van der Waals surface area contributed by atoms with Gasteiger partial charge >= 0.3 is 0 Å². The van der Waals surface area contributed by atoms with E-state index in [-0.39, 0.29) is 5.91 Å². The Hall–Kier alpha value is -3.15. The van der Waals surface area contributed by atoms with Crippen LogP contribution >= 0.6 is 0 Å². The van der Waals surface area contributed by atoms with Crippen LogP contribution in [0.15, 0.2) is 42.6 Å². The molecule has 6 nitrogen and oxygen atoms in total. The summed E-state index contributed by atoms with van der Waals surface area (Å²) in [6, 6.07) is 11.2. The molecule has 0 fully saturated rings. The molecule has 6 heteroatoms. The van der Waals surface area contributed by atoms with E-state index in [1.165, 1.54) is 0 Å². The number of amides is 1. The number of methoxy groups -OCH3 is 1.